The molecule has 0 spiro atoms. The van der Waals surface area contributed by atoms with Gasteiger partial charge in [0.15, 0.2) is 11.5 Å². The standard InChI is InChI=1S/C39H34IN3O5/c1-3-18-48-36-33(40)20-24(21-34(36)47-2)19-32-37(44)41-39(46)43(38(32)45)27-22-30-28(25-10-6-4-7-11-25)14-16-42-17-15-29(31(23-27)35(30)42)26-12-8-5-9-13-26/h3-13,19-23,28-29H,1,14-18H2,2H3,(H,41,44,46)/b32-19+/t28-,29-/m0/s1. The summed E-state index contributed by atoms with van der Waals surface area (Å²) >= 11 is 2.12. The van der Waals surface area contributed by atoms with Gasteiger partial charge in [-0.1, -0.05) is 73.3 Å². The molecular formula is C39H34IN3O5. The first kappa shape index (κ1) is 31.7. The van der Waals surface area contributed by atoms with Crippen molar-refractivity contribution in [3.05, 3.63) is 135 Å². The Balaban J connectivity index is 1.35. The highest BCUT2D eigenvalue weighted by molar-refractivity contribution is 14.1. The fourth-order valence-electron chi connectivity index (χ4n) is 7.13. The van der Waals surface area contributed by atoms with Gasteiger partial charge >= 0.3 is 6.03 Å². The Hall–Kier alpha value is -4.90. The molecule has 0 unspecified atom stereocenters. The predicted molar refractivity (Wildman–Crippen MR) is 195 cm³/mol. The molecule has 9 heteroatoms. The van der Waals surface area contributed by atoms with Crippen molar-refractivity contribution < 1.29 is 23.9 Å². The Morgan fingerprint density at radius 1 is 0.896 bits per heavy atom. The maximum Gasteiger partial charge on any atom is 0.335 e. The number of anilines is 2. The summed E-state index contributed by atoms with van der Waals surface area (Å²) in [6.07, 6.45) is 4.95. The van der Waals surface area contributed by atoms with Crippen LogP contribution in [0.1, 0.15) is 52.5 Å². The molecule has 3 aliphatic heterocycles. The van der Waals surface area contributed by atoms with E-state index in [2.05, 4.69) is 63.7 Å². The van der Waals surface area contributed by atoms with E-state index in [1.54, 1.807) is 18.2 Å². The SMILES string of the molecule is C=CCOc1c(I)cc(/C=C2\C(=O)NC(=O)N(c3cc4c5c(c3)[C@H](c3ccccc3)CCN5CC[C@H]4c3ccccc3)C2=O)cc1OC. The molecule has 0 aliphatic carbocycles. The lowest BCUT2D eigenvalue weighted by Gasteiger charge is -2.44. The van der Waals surface area contributed by atoms with Crippen molar-refractivity contribution in [1.82, 2.24) is 5.32 Å². The number of imide groups is 2. The number of ether oxygens (including phenoxy) is 2. The van der Waals surface area contributed by atoms with E-state index < -0.39 is 17.8 Å². The molecule has 3 heterocycles. The number of barbiturate groups is 1. The number of nitrogens with one attached hydrogen (secondary N) is 1. The number of rotatable bonds is 8. The fraction of sp³-hybridized carbons (Fsp3) is 0.205. The number of carbonyl (C=O) groups is 3. The lowest BCUT2D eigenvalue weighted by atomic mass is 9.76. The molecule has 242 valence electrons. The van der Waals surface area contributed by atoms with Crippen molar-refractivity contribution in [1.29, 1.82) is 0 Å². The Labute approximate surface area is 293 Å². The van der Waals surface area contributed by atoms with Gasteiger partial charge in [-0.25, -0.2) is 9.69 Å². The van der Waals surface area contributed by atoms with Crippen LogP contribution in [0.2, 0.25) is 0 Å². The Morgan fingerprint density at radius 2 is 1.50 bits per heavy atom. The summed E-state index contributed by atoms with van der Waals surface area (Å²) < 4.78 is 12.1. The van der Waals surface area contributed by atoms with E-state index in [1.807, 2.05) is 48.5 Å². The van der Waals surface area contributed by atoms with E-state index in [0.29, 0.717) is 29.4 Å². The highest BCUT2D eigenvalue weighted by atomic mass is 127. The van der Waals surface area contributed by atoms with Crippen LogP contribution in [0.5, 0.6) is 11.5 Å². The Kier molecular flexibility index (Phi) is 8.79. The molecule has 3 aliphatic rings. The van der Waals surface area contributed by atoms with Gasteiger partial charge in [-0.3, -0.25) is 14.9 Å². The number of hydrogen-bond donors (Lipinski definition) is 1. The zero-order chi connectivity index (χ0) is 33.4. The summed E-state index contributed by atoms with van der Waals surface area (Å²) in [7, 11) is 1.52. The molecule has 4 aromatic carbocycles. The summed E-state index contributed by atoms with van der Waals surface area (Å²) in [6.45, 7) is 5.83. The average Bonchev–Trinajstić information content (AvgIpc) is 3.10. The van der Waals surface area contributed by atoms with Crippen LogP contribution in [-0.2, 0) is 9.59 Å². The van der Waals surface area contributed by atoms with Gasteiger partial charge in [-0.05, 0) is 93.6 Å². The quantitative estimate of drug-likeness (QED) is 0.0874. The van der Waals surface area contributed by atoms with E-state index in [9.17, 15) is 14.4 Å². The van der Waals surface area contributed by atoms with E-state index in [4.69, 9.17) is 9.47 Å². The number of halogens is 1. The topological polar surface area (TPSA) is 88.2 Å². The van der Waals surface area contributed by atoms with Gasteiger partial charge in [0.1, 0.15) is 12.2 Å². The van der Waals surface area contributed by atoms with Crippen LogP contribution in [0, 0.1) is 3.57 Å². The van der Waals surface area contributed by atoms with Crippen LogP contribution in [0.3, 0.4) is 0 Å². The Bertz CT molecular complexity index is 1890. The minimum atomic E-state index is -0.773. The maximum absolute atomic E-state index is 14.2. The van der Waals surface area contributed by atoms with Gasteiger partial charge in [0, 0.05) is 30.6 Å². The van der Waals surface area contributed by atoms with E-state index in [-0.39, 0.29) is 17.4 Å². The first-order valence-electron chi connectivity index (χ1n) is 15.9. The fourth-order valence-corrected chi connectivity index (χ4v) is 7.91. The average molecular weight is 752 g/mol. The van der Waals surface area contributed by atoms with Crippen molar-refractivity contribution >= 4 is 57.9 Å². The molecule has 1 saturated heterocycles. The van der Waals surface area contributed by atoms with Crippen LogP contribution in [-0.4, -0.2) is 44.7 Å². The number of benzene rings is 4. The summed E-state index contributed by atoms with van der Waals surface area (Å²) in [6, 6.07) is 27.4. The summed E-state index contributed by atoms with van der Waals surface area (Å²) in [4.78, 5) is 44.5. The van der Waals surface area contributed by atoms with Gasteiger partial charge in [-0.2, -0.15) is 0 Å². The van der Waals surface area contributed by atoms with Crippen molar-refractivity contribution in [2.75, 3.05) is 36.6 Å². The molecule has 7 rings (SSSR count). The van der Waals surface area contributed by atoms with Gasteiger partial charge in [0.25, 0.3) is 11.8 Å². The highest BCUT2D eigenvalue weighted by Gasteiger charge is 2.40. The van der Waals surface area contributed by atoms with E-state index in [1.165, 1.54) is 30.0 Å². The lowest BCUT2D eigenvalue weighted by molar-refractivity contribution is -0.122. The largest absolute Gasteiger partial charge is 0.493 e. The number of carbonyl (C=O) groups excluding carboxylic acids is 3. The lowest BCUT2D eigenvalue weighted by Crippen LogP contribution is -2.54. The second kappa shape index (κ2) is 13.3. The Morgan fingerprint density at radius 3 is 2.06 bits per heavy atom. The maximum atomic E-state index is 14.2. The monoisotopic (exact) mass is 751 g/mol. The second-order valence-electron chi connectivity index (χ2n) is 12.1. The van der Waals surface area contributed by atoms with Gasteiger partial charge in [-0.15, -0.1) is 0 Å². The van der Waals surface area contributed by atoms with Gasteiger partial charge < -0.3 is 14.4 Å². The minimum Gasteiger partial charge on any atom is -0.493 e. The number of nitrogens with zero attached hydrogens (tertiary/aromatic N) is 2. The summed E-state index contributed by atoms with van der Waals surface area (Å²) in [5, 5.41) is 2.42. The third-order valence-corrected chi connectivity index (χ3v) is 10.1. The van der Waals surface area contributed by atoms with Crippen molar-refractivity contribution in [2.45, 2.75) is 24.7 Å². The third-order valence-electron chi connectivity index (χ3n) is 9.27. The molecular weight excluding hydrogens is 717 g/mol. The molecule has 0 saturated carbocycles. The number of methoxy groups -OCH3 is 1. The molecule has 48 heavy (non-hydrogen) atoms. The van der Waals surface area contributed by atoms with E-state index >= 15 is 0 Å². The molecule has 0 aromatic heterocycles. The van der Waals surface area contributed by atoms with Crippen LogP contribution in [0.25, 0.3) is 6.08 Å². The molecule has 0 radical (unpaired) electrons. The molecule has 2 atom stereocenters. The van der Waals surface area contributed by atoms with Crippen LogP contribution >= 0.6 is 22.6 Å². The first-order valence-corrected chi connectivity index (χ1v) is 17.0. The van der Waals surface area contributed by atoms with Crippen LogP contribution in [0.15, 0.2) is 103 Å². The second-order valence-corrected chi connectivity index (χ2v) is 13.2. The molecule has 4 aromatic rings. The molecule has 4 amide bonds. The summed E-state index contributed by atoms with van der Waals surface area (Å²) in [5.74, 6) is -0.285. The highest BCUT2D eigenvalue weighted by Crippen LogP contribution is 2.50. The number of amides is 4. The number of hydrogen-bond acceptors (Lipinski definition) is 6. The first-order chi connectivity index (χ1) is 23.4. The normalized spacial score (nSPS) is 19.5. The number of urea groups is 1. The zero-order valence-corrected chi connectivity index (χ0v) is 28.6. The van der Waals surface area contributed by atoms with Crippen molar-refractivity contribution in [3.63, 3.8) is 0 Å². The van der Waals surface area contributed by atoms with Crippen molar-refractivity contribution in [3.8, 4) is 11.5 Å². The minimum absolute atomic E-state index is 0.0848. The zero-order valence-electron chi connectivity index (χ0n) is 26.4. The van der Waals surface area contributed by atoms with Gasteiger partial charge in [0.2, 0.25) is 0 Å². The van der Waals surface area contributed by atoms with Crippen LogP contribution < -0.4 is 24.6 Å². The van der Waals surface area contributed by atoms with Gasteiger partial charge in [0.05, 0.1) is 16.4 Å². The molecule has 8 nitrogen and oxygen atoms in total. The molecule has 1 fully saturated rings. The predicted octanol–water partition coefficient (Wildman–Crippen LogP) is 7.41. The van der Waals surface area contributed by atoms with E-state index in [0.717, 1.165) is 45.5 Å². The molecule has 1 N–H and O–H groups in total. The van der Waals surface area contributed by atoms with Crippen LogP contribution in [0.4, 0.5) is 16.2 Å². The molecule has 0 bridgehead atoms. The third kappa shape index (κ3) is 5.76. The van der Waals surface area contributed by atoms with Crippen molar-refractivity contribution in [2.24, 2.45) is 0 Å². The smallest absolute Gasteiger partial charge is 0.335 e. The summed E-state index contributed by atoms with van der Waals surface area (Å²) in [5.41, 5.74) is 6.56.